The highest BCUT2D eigenvalue weighted by Crippen LogP contribution is 2.21. The maximum atomic E-state index is 11.6. The summed E-state index contributed by atoms with van der Waals surface area (Å²) in [5.41, 5.74) is 3.13. The van der Waals surface area contributed by atoms with E-state index in [2.05, 4.69) is 34.8 Å². The summed E-state index contributed by atoms with van der Waals surface area (Å²) in [6.07, 6.45) is 0.891. The van der Waals surface area contributed by atoms with Gasteiger partial charge in [-0.05, 0) is 24.1 Å². The number of rotatable bonds is 6. The third-order valence-corrected chi connectivity index (χ3v) is 5.23. The molecule has 5 nitrogen and oxygen atoms in total. The first-order valence-electron chi connectivity index (χ1n) is 8.12. The Bertz CT molecular complexity index is 737. The summed E-state index contributed by atoms with van der Waals surface area (Å²) < 4.78 is 0. The van der Waals surface area contributed by atoms with Gasteiger partial charge in [0.15, 0.2) is 0 Å². The average molecular weight is 343 g/mol. The molecule has 1 aromatic heterocycles. The highest BCUT2D eigenvalue weighted by atomic mass is 32.1. The Morgan fingerprint density at radius 2 is 2.04 bits per heavy atom. The van der Waals surface area contributed by atoms with E-state index >= 15 is 0 Å². The summed E-state index contributed by atoms with van der Waals surface area (Å²) >= 11 is 1.70. The molecule has 0 bridgehead atoms. The molecule has 126 valence electrons. The van der Waals surface area contributed by atoms with E-state index < -0.39 is 0 Å². The fourth-order valence-electron chi connectivity index (χ4n) is 2.68. The molecule has 2 heterocycles. The van der Waals surface area contributed by atoms with E-state index in [9.17, 15) is 9.59 Å². The zero-order chi connectivity index (χ0) is 17.1. The normalized spacial score (nSPS) is 17.4. The van der Waals surface area contributed by atoms with Crippen molar-refractivity contribution in [1.29, 1.82) is 0 Å². The van der Waals surface area contributed by atoms with Crippen molar-refractivity contribution >= 4 is 28.8 Å². The number of anilines is 1. The summed E-state index contributed by atoms with van der Waals surface area (Å²) in [6, 6.07) is 8.00. The van der Waals surface area contributed by atoms with Crippen LogP contribution in [0, 0.1) is 5.92 Å². The Morgan fingerprint density at radius 1 is 1.29 bits per heavy atom. The molecule has 0 radical (unpaired) electrons. The number of thiazole rings is 1. The Kier molecular flexibility index (Phi) is 4.94. The first-order valence-corrected chi connectivity index (χ1v) is 9.00. The first-order chi connectivity index (χ1) is 11.5. The maximum absolute atomic E-state index is 11.6. The Balaban J connectivity index is 1.54. The van der Waals surface area contributed by atoms with Crippen LogP contribution >= 0.6 is 11.3 Å². The number of hydrogen-bond donors (Lipinski definition) is 2. The summed E-state index contributed by atoms with van der Waals surface area (Å²) in [7, 11) is 0. The number of carbonyl (C=O) groups is 2. The molecule has 0 aliphatic carbocycles. The summed E-state index contributed by atoms with van der Waals surface area (Å²) in [4.78, 5) is 27.4. The number of benzene rings is 1. The van der Waals surface area contributed by atoms with E-state index in [-0.39, 0.29) is 17.7 Å². The van der Waals surface area contributed by atoms with Gasteiger partial charge in [-0.2, -0.15) is 0 Å². The van der Waals surface area contributed by atoms with E-state index in [1.165, 1.54) is 0 Å². The number of imide groups is 1. The smallest absolute Gasteiger partial charge is 0.230 e. The van der Waals surface area contributed by atoms with Crippen LogP contribution in [0.1, 0.15) is 42.5 Å². The summed E-state index contributed by atoms with van der Waals surface area (Å²) in [6.45, 7) is 4.99. The van der Waals surface area contributed by atoms with E-state index in [1.807, 2.05) is 24.3 Å². The standard InChI is InChI=1S/C18H21N3O2S/c1-11(2)18-20-15(10-24-18)9-19-14-5-3-12(4-6-14)7-13-8-16(22)21-17(13)23/h3-6,10-11,13,19H,7-9H2,1-2H3,(H,21,22,23)/t13-/m1/s1. The van der Waals surface area contributed by atoms with Crippen LogP contribution in [-0.4, -0.2) is 16.8 Å². The number of hydrogen-bond acceptors (Lipinski definition) is 5. The molecule has 1 fully saturated rings. The van der Waals surface area contributed by atoms with Crippen LogP contribution in [0.15, 0.2) is 29.6 Å². The number of carbonyl (C=O) groups excluding carboxylic acids is 2. The van der Waals surface area contributed by atoms with Gasteiger partial charge in [0.1, 0.15) is 0 Å². The molecule has 2 amide bonds. The van der Waals surface area contributed by atoms with E-state index in [0.717, 1.165) is 22.0 Å². The van der Waals surface area contributed by atoms with Crippen LogP contribution in [0.4, 0.5) is 5.69 Å². The summed E-state index contributed by atoms with van der Waals surface area (Å²) in [5.74, 6) is -0.109. The molecule has 0 spiro atoms. The Morgan fingerprint density at radius 3 is 2.62 bits per heavy atom. The molecule has 1 aliphatic heterocycles. The zero-order valence-corrected chi connectivity index (χ0v) is 14.7. The van der Waals surface area contributed by atoms with Gasteiger partial charge in [-0.1, -0.05) is 26.0 Å². The molecule has 2 N–H and O–H groups in total. The van der Waals surface area contributed by atoms with Gasteiger partial charge in [0.2, 0.25) is 11.8 Å². The lowest BCUT2D eigenvalue weighted by Crippen LogP contribution is -2.22. The van der Waals surface area contributed by atoms with Crippen LogP contribution in [0.5, 0.6) is 0 Å². The van der Waals surface area contributed by atoms with Crippen molar-refractivity contribution in [3.63, 3.8) is 0 Å². The lowest BCUT2D eigenvalue weighted by atomic mass is 9.98. The van der Waals surface area contributed by atoms with Crippen LogP contribution in [0.3, 0.4) is 0 Å². The van der Waals surface area contributed by atoms with E-state index in [0.29, 0.717) is 25.3 Å². The highest BCUT2D eigenvalue weighted by Gasteiger charge is 2.30. The Labute approximate surface area is 145 Å². The molecule has 1 aromatic carbocycles. The minimum atomic E-state index is -0.235. The third kappa shape index (κ3) is 4.00. The second-order valence-corrected chi connectivity index (χ2v) is 7.29. The minimum Gasteiger partial charge on any atom is -0.379 e. The number of aromatic nitrogens is 1. The van der Waals surface area contributed by atoms with Crippen molar-refractivity contribution in [3.05, 3.63) is 45.9 Å². The van der Waals surface area contributed by atoms with Crippen LogP contribution < -0.4 is 10.6 Å². The molecular formula is C18H21N3O2S. The molecular weight excluding hydrogens is 322 g/mol. The molecule has 24 heavy (non-hydrogen) atoms. The van der Waals surface area contributed by atoms with Crippen molar-refractivity contribution in [3.8, 4) is 0 Å². The lowest BCUT2D eigenvalue weighted by Gasteiger charge is -2.08. The monoisotopic (exact) mass is 343 g/mol. The van der Waals surface area contributed by atoms with Crippen LogP contribution in [0.2, 0.25) is 0 Å². The average Bonchev–Trinajstić information content (AvgIpc) is 3.14. The molecule has 1 atom stereocenters. The van der Waals surface area contributed by atoms with E-state index in [4.69, 9.17) is 0 Å². The van der Waals surface area contributed by atoms with Crippen LogP contribution in [0.25, 0.3) is 0 Å². The van der Waals surface area contributed by atoms with Gasteiger partial charge in [0, 0.05) is 23.4 Å². The molecule has 1 saturated heterocycles. The molecule has 0 unspecified atom stereocenters. The topological polar surface area (TPSA) is 71.1 Å². The second-order valence-electron chi connectivity index (χ2n) is 6.40. The van der Waals surface area contributed by atoms with Crippen molar-refractivity contribution < 1.29 is 9.59 Å². The predicted octanol–water partition coefficient (Wildman–Crippen LogP) is 3.08. The Hall–Kier alpha value is -2.21. The second kappa shape index (κ2) is 7.13. The summed E-state index contributed by atoms with van der Waals surface area (Å²) in [5, 5.41) is 8.96. The van der Waals surface area contributed by atoms with Gasteiger partial charge in [-0.15, -0.1) is 11.3 Å². The number of amides is 2. The molecule has 2 aromatic rings. The van der Waals surface area contributed by atoms with Gasteiger partial charge in [0.05, 0.1) is 23.2 Å². The molecule has 0 saturated carbocycles. The SMILES string of the molecule is CC(C)c1nc(CNc2ccc(C[C@@H]3CC(=O)NC3=O)cc2)cs1. The fourth-order valence-corrected chi connectivity index (χ4v) is 3.51. The fraction of sp³-hybridized carbons (Fsp3) is 0.389. The lowest BCUT2D eigenvalue weighted by molar-refractivity contribution is -0.125. The molecule has 1 aliphatic rings. The number of nitrogens with one attached hydrogen (secondary N) is 2. The minimum absolute atomic E-state index is 0.160. The highest BCUT2D eigenvalue weighted by molar-refractivity contribution is 7.09. The van der Waals surface area contributed by atoms with E-state index in [1.54, 1.807) is 11.3 Å². The maximum Gasteiger partial charge on any atom is 0.230 e. The van der Waals surface area contributed by atoms with Gasteiger partial charge >= 0.3 is 0 Å². The van der Waals surface area contributed by atoms with Crippen molar-refractivity contribution in [2.45, 2.75) is 39.2 Å². The van der Waals surface area contributed by atoms with Crippen molar-refractivity contribution in [2.75, 3.05) is 5.32 Å². The quantitative estimate of drug-likeness (QED) is 0.791. The van der Waals surface area contributed by atoms with Crippen LogP contribution in [-0.2, 0) is 22.6 Å². The van der Waals surface area contributed by atoms with Crippen molar-refractivity contribution in [1.82, 2.24) is 10.3 Å². The van der Waals surface area contributed by atoms with Gasteiger partial charge in [-0.3, -0.25) is 14.9 Å². The zero-order valence-electron chi connectivity index (χ0n) is 13.8. The van der Waals surface area contributed by atoms with Gasteiger partial charge < -0.3 is 5.32 Å². The third-order valence-electron chi connectivity index (χ3n) is 4.04. The van der Waals surface area contributed by atoms with Gasteiger partial charge in [-0.25, -0.2) is 4.98 Å². The number of nitrogens with zero attached hydrogens (tertiary/aromatic N) is 1. The molecule has 3 rings (SSSR count). The predicted molar refractivity (Wildman–Crippen MR) is 94.9 cm³/mol. The largest absolute Gasteiger partial charge is 0.379 e. The first kappa shape index (κ1) is 16.6. The van der Waals surface area contributed by atoms with Crippen molar-refractivity contribution in [2.24, 2.45) is 5.92 Å². The molecule has 6 heteroatoms. The van der Waals surface area contributed by atoms with Gasteiger partial charge in [0.25, 0.3) is 0 Å².